The summed E-state index contributed by atoms with van der Waals surface area (Å²) in [7, 11) is 0. The van der Waals surface area contributed by atoms with Gasteiger partial charge in [-0.2, -0.15) is 15.1 Å². The monoisotopic (exact) mass is 380 g/mol. The number of carbonyl (C=O) groups excluding carboxylic acids is 2. The number of benzene rings is 2. The molecule has 0 spiro atoms. The molecule has 11 nitrogen and oxygen atoms in total. The van der Waals surface area contributed by atoms with E-state index < -0.39 is 39.8 Å². The molecule has 0 fully saturated rings. The average Bonchev–Trinajstić information content (AvgIpc) is 3.00. The number of Topliss-reactive ketones (excluding diaryl/α,β-unsaturated/α-hetero) is 1. The van der Waals surface area contributed by atoms with Crippen LogP contribution in [0.5, 0.6) is 0 Å². The molecule has 1 aromatic carbocycles. The van der Waals surface area contributed by atoms with Crippen molar-refractivity contribution in [2.24, 2.45) is 10.1 Å². The first kappa shape index (κ1) is 18.6. The lowest BCUT2D eigenvalue weighted by Gasteiger charge is -2.02. The molecule has 1 heterocycles. The maximum absolute atomic E-state index is 12.0. The number of carbonyl (C=O) groups is 2. The molecule has 0 atom stereocenters. The van der Waals surface area contributed by atoms with Crippen LogP contribution in [0.1, 0.15) is 13.3 Å². The van der Waals surface area contributed by atoms with Gasteiger partial charge in [-0.15, -0.1) is 0 Å². The average molecular weight is 380 g/mol. The molecule has 2 aliphatic rings. The van der Waals surface area contributed by atoms with Crippen molar-refractivity contribution in [1.82, 2.24) is 9.97 Å². The number of nitro groups is 1. The SMILES string of the molecule is CC(=O)CC(=O)N=c1c([N+](=O)[O-])cc2nc(=O)nc-2c1=NNc1ccccc1. The largest absolute Gasteiger partial charge is 0.368 e. The normalized spacial score (nSPS) is 12.3. The number of non-ortho nitro benzene ring substituents is 1. The van der Waals surface area contributed by atoms with E-state index in [1.54, 1.807) is 30.3 Å². The maximum atomic E-state index is 12.0. The fourth-order valence-corrected chi connectivity index (χ4v) is 2.41. The molecule has 1 aliphatic carbocycles. The van der Waals surface area contributed by atoms with Gasteiger partial charge < -0.3 is 0 Å². The molecule has 1 N–H and O–H groups in total. The van der Waals surface area contributed by atoms with Gasteiger partial charge in [-0.25, -0.2) is 9.79 Å². The molecule has 0 bridgehead atoms. The number of imidazole rings is 1. The number of anilines is 1. The van der Waals surface area contributed by atoms with Gasteiger partial charge >= 0.3 is 5.69 Å². The lowest BCUT2D eigenvalue weighted by molar-refractivity contribution is -0.386. The number of hydrogen-bond donors (Lipinski definition) is 1. The third kappa shape index (κ3) is 3.98. The maximum Gasteiger partial charge on any atom is 0.368 e. The van der Waals surface area contributed by atoms with E-state index in [1.165, 1.54) is 6.92 Å². The molecule has 0 saturated carbocycles. The Labute approximate surface area is 156 Å². The minimum Gasteiger partial charge on any atom is -0.299 e. The van der Waals surface area contributed by atoms with E-state index in [1.807, 2.05) is 0 Å². The van der Waals surface area contributed by atoms with Crippen LogP contribution in [0, 0.1) is 10.1 Å². The summed E-state index contributed by atoms with van der Waals surface area (Å²) in [6.45, 7) is 1.19. The summed E-state index contributed by atoms with van der Waals surface area (Å²) in [6, 6.07) is 9.62. The number of nitrogens with one attached hydrogen (secondary N) is 1. The molecule has 1 aliphatic heterocycles. The topological polar surface area (TPSA) is 157 Å². The zero-order valence-electron chi connectivity index (χ0n) is 14.4. The summed E-state index contributed by atoms with van der Waals surface area (Å²) in [6.07, 6.45) is -0.528. The quantitative estimate of drug-likeness (QED) is 0.370. The van der Waals surface area contributed by atoms with Gasteiger partial charge in [0.05, 0.1) is 17.0 Å². The first-order valence-electron chi connectivity index (χ1n) is 7.94. The van der Waals surface area contributed by atoms with Gasteiger partial charge in [-0.1, -0.05) is 18.2 Å². The number of aromatic nitrogens is 2. The molecule has 0 radical (unpaired) electrons. The van der Waals surface area contributed by atoms with E-state index in [0.29, 0.717) is 5.69 Å². The summed E-state index contributed by atoms with van der Waals surface area (Å²) in [5.74, 6) is -1.33. The third-order valence-corrected chi connectivity index (χ3v) is 3.53. The first-order valence-corrected chi connectivity index (χ1v) is 7.94. The Morgan fingerprint density at radius 1 is 1.18 bits per heavy atom. The van der Waals surface area contributed by atoms with E-state index in [-0.39, 0.29) is 16.7 Å². The van der Waals surface area contributed by atoms with Crippen LogP contribution in [0.25, 0.3) is 11.4 Å². The summed E-state index contributed by atoms with van der Waals surface area (Å²) in [4.78, 5) is 56.4. The number of fused-ring (bicyclic) bond motifs is 1. The van der Waals surface area contributed by atoms with E-state index in [9.17, 15) is 24.5 Å². The zero-order chi connectivity index (χ0) is 20.3. The van der Waals surface area contributed by atoms with Gasteiger partial charge in [0, 0.05) is 6.07 Å². The molecular formula is C17H12N6O5. The molecule has 28 heavy (non-hydrogen) atoms. The van der Waals surface area contributed by atoms with Crippen molar-refractivity contribution in [1.29, 1.82) is 0 Å². The molecule has 1 amide bonds. The van der Waals surface area contributed by atoms with Crippen LogP contribution >= 0.6 is 0 Å². The summed E-state index contributed by atoms with van der Waals surface area (Å²) < 4.78 is 0. The molecule has 0 unspecified atom stereocenters. The Hall–Kier alpha value is -4.15. The van der Waals surface area contributed by atoms with E-state index in [2.05, 4.69) is 25.5 Å². The van der Waals surface area contributed by atoms with Gasteiger partial charge in [-0.3, -0.25) is 25.1 Å². The van der Waals surface area contributed by atoms with Crippen LogP contribution in [-0.2, 0) is 9.59 Å². The third-order valence-electron chi connectivity index (χ3n) is 3.53. The second-order valence-electron chi connectivity index (χ2n) is 5.70. The molecule has 0 aromatic heterocycles. The van der Waals surface area contributed by atoms with Crippen molar-refractivity contribution in [2.45, 2.75) is 13.3 Å². The summed E-state index contributed by atoms with van der Waals surface area (Å²) >= 11 is 0. The lowest BCUT2D eigenvalue weighted by Crippen LogP contribution is -2.33. The molecule has 1 aromatic rings. The van der Waals surface area contributed by atoms with Crippen LogP contribution < -0.4 is 21.8 Å². The van der Waals surface area contributed by atoms with Crippen LogP contribution in [-0.4, -0.2) is 26.6 Å². The number of nitro benzene ring substituents is 1. The van der Waals surface area contributed by atoms with Gasteiger partial charge in [0.2, 0.25) is 0 Å². The number of rotatable bonds is 5. The minimum atomic E-state index is -0.882. The van der Waals surface area contributed by atoms with Gasteiger partial charge in [0.1, 0.15) is 22.5 Å². The fraction of sp³-hybridized carbons (Fsp3) is 0.118. The highest BCUT2D eigenvalue weighted by molar-refractivity contribution is 5.97. The lowest BCUT2D eigenvalue weighted by atomic mass is 10.1. The van der Waals surface area contributed by atoms with Gasteiger partial charge in [0.25, 0.3) is 11.6 Å². The zero-order valence-corrected chi connectivity index (χ0v) is 14.4. The number of nitrogens with zero attached hydrogens (tertiary/aromatic N) is 5. The van der Waals surface area contributed by atoms with Gasteiger partial charge in [-0.05, 0) is 19.1 Å². The minimum absolute atomic E-state index is 0.0478. The van der Waals surface area contributed by atoms with Crippen LogP contribution in [0.3, 0.4) is 0 Å². The second kappa shape index (κ2) is 7.61. The Bertz CT molecular complexity index is 1210. The molecule has 11 heteroatoms. The second-order valence-corrected chi connectivity index (χ2v) is 5.70. The molecule has 3 rings (SSSR count). The highest BCUT2D eigenvalue weighted by atomic mass is 16.6. The predicted molar refractivity (Wildman–Crippen MR) is 95.4 cm³/mol. The molecule has 0 saturated heterocycles. The Morgan fingerprint density at radius 2 is 1.89 bits per heavy atom. The van der Waals surface area contributed by atoms with Crippen molar-refractivity contribution >= 4 is 23.1 Å². The number of para-hydroxylation sites is 1. The van der Waals surface area contributed by atoms with Crippen molar-refractivity contribution in [2.75, 3.05) is 5.43 Å². The summed E-state index contributed by atoms with van der Waals surface area (Å²) in [5.41, 5.74) is 1.68. The van der Waals surface area contributed by atoms with Crippen molar-refractivity contribution in [3.8, 4) is 11.4 Å². The van der Waals surface area contributed by atoms with Crippen LogP contribution in [0.4, 0.5) is 11.4 Å². The van der Waals surface area contributed by atoms with E-state index >= 15 is 0 Å². The Kier molecular flexibility index (Phi) is 5.07. The number of ketones is 1. The molecule has 140 valence electrons. The van der Waals surface area contributed by atoms with Crippen LogP contribution in [0.15, 0.2) is 51.3 Å². The smallest absolute Gasteiger partial charge is 0.299 e. The van der Waals surface area contributed by atoms with Gasteiger partial charge in [0.15, 0.2) is 5.36 Å². The van der Waals surface area contributed by atoms with E-state index in [4.69, 9.17) is 0 Å². The standard InChI is InChI=1S/C17H12N6O5/c1-9(24)7-13(25)19-15-12(23(27)28)8-11-14(20-17(26)18-11)16(15)22-21-10-5-3-2-4-6-10/h2-6,8,21H,7H2,1H3. The Morgan fingerprint density at radius 3 is 2.54 bits per heavy atom. The highest BCUT2D eigenvalue weighted by Crippen LogP contribution is 2.14. The van der Waals surface area contributed by atoms with E-state index in [0.717, 1.165) is 6.07 Å². The fourth-order valence-electron chi connectivity index (χ4n) is 2.41. The van der Waals surface area contributed by atoms with Crippen molar-refractivity contribution in [3.63, 3.8) is 0 Å². The highest BCUT2D eigenvalue weighted by Gasteiger charge is 2.23. The van der Waals surface area contributed by atoms with Crippen molar-refractivity contribution in [3.05, 3.63) is 67.7 Å². The predicted octanol–water partition coefficient (Wildman–Crippen LogP) is 0.0596. The first-order chi connectivity index (χ1) is 13.3. The molecular weight excluding hydrogens is 368 g/mol. The number of hydrogen-bond acceptors (Lipinski definition) is 9. The summed E-state index contributed by atoms with van der Waals surface area (Å²) in [5, 5.41) is 14.9. The van der Waals surface area contributed by atoms with Crippen LogP contribution in [0.2, 0.25) is 0 Å². The Balaban J connectivity index is 2.32. The number of amides is 1. The van der Waals surface area contributed by atoms with Crippen molar-refractivity contribution < 1.29 is 14.5 Å².